The van der Waals surface area contributed by atoms with Gasteiger partial charge in [0.25, 0.3) is 0 Å². The van der Waals surface area contributed by atoms with Crippen molar-refractivity contribution in [3.05, 3.63) is 40.9 Å². The summed E-state index contributed by atoms with van der Waals surface area (Å²) in [6.45, 7) is 16.8. The van der Waals surface area contributed by atoms with Gasteiger partial charge in [-0.3, -0.25) is 19.3 Å². The molecule has 1 saturated carbocycles. The summed E-state index contributed by atoms with van der Waals surface area (Å²) in [7, 11) is 0. The van der Waals surface area contributed by atoms with Gasteiger partial charge in [-0.25, -0.2) is 4.98 Å². The first-order valence-corrected chi connectivity index (χ1v) is 15.6. The van der Waals surface area contributed by atoms with Crippen molar-refractivity contribution in [2.24, 2.45) is 5.92 Å². The van der Waals surface area contributed by atoms with Crippen LogP contribution < -0.4 is 16.0 Å². The molecule has 2 atom stereocenters. The number of thiazole rings is 1. The van der Waals surface area contributed by atoms with Crippen LogP contribution in [0, 0.1) is 5.92 Å². The molecular weight excluding hydrogens is 522 g/mol. The number of carbonyl (C=O) groups excluding carboxylic acids is 3. The van der Waals surface area contributed by atoms with E-state index in [1.165, 1.54) is 5.56 Å². The summed E-state index contributed by atoms with van der Waals surface area (Å²) in [5, 5.41) is 9.93. The number of benzene rings is 1. The van der Waals surface area contributed by atoms with Crippen LogP contribution in [0.3, 0.4) is 0 Å². The maximum atomic E-state index is 13.6. The third-order valence-electron chi connectivity index (χ3n) is 7.88. The number of fused-ring (bicyclic) bond motifs is 1. The van der Waals surface area contributed by atoms with Crippen molar-refractivity contribution < 1.29 is 14.4 Å². The van der Waals surface area contributed by atoms with Crippen LogP contribution in [0.15, 0.2) is 30.4 Å². The van der Waals surface area contributed by atoms with E-state index in [0.29, 0.717) is 31.0 Å². The summed E-state index contributed by atoms with van der Waals surface area (Å²) in [5.74, 6) is 0.0912. The third kappa shape index (κ3) is 8.86. The van der Waals surface area contributed by atoms with Crippen molar-refractivity contribution in [2.45, 2.75) is 91.1 Å². The Bertz CT molecular complexity index is 1170. The molecule has 0 unspecified atom stereocenters. The second kappa shape index (κ2) is 15.3. The molecule has 0 aliphatic heterocycles. The van der Waals surface area contributed by atoms with Gasteiger partial charge in [0.1, 0.15) is 6.04 Å². The van der Waals surface area contributed by atoms with Crippen LogP contribution >= 0.6 is 11.3 Å². The molecule has 3 N–H and O–H groups in total. The molecule has 1 aromatic heterocycles. The van der Waals surface area contributed by atoms with Crippen LogP contribution in [0.2, 0.25) is 0 Å². The standard InChI is InChI=1S/C31H47N5O3S/c1-7-28(37)33-25(17-29-34-24-15-14-23(20(4)5)16-27(24)40-29)31(39)35-26(22-12-10-11-13-22)18-32-30(38)21(6)19-36(8-2)9-3/h14-16,20,22,25-26H,6-13,17-19H2,1-5H3,(H,32,38)(H,33,37)(H,35,39)/t25-,26+/m0/s1. The number of amides is 3. The lowest BCUT2D eigenvalue weighted by atomic mass is 9.97. The minimum Gasteiger partial charge on any atom is -0.350 e. The van der Waals surface area contributed by atoms with E-state index in [1.54, 1.807) is 18.3 Å². The fourth-order valence-corrected chi connectivity index (χ4v) is 6.27. The van der Waals surface area contributed by atoms with Crippen molar-refractivity contribution >= 4 is 39.3 Å². The highest BCUT2D eigenvalue weighted by Crippen LogP contribution is 2.29. The first kappa shape index (κ1) is 31.7. The van der Waals surface area contributed by atoms with Gasteiger partial charge in [0.2, 0.25) is 17.7 Å². The van der Waals surface area contributed by atoms with E-state index in [4.69, 9.17) is 4.98 Å². The normalized spacial score (nSPS) is 15.4. The lowest BCUT2D eigenvalue weighted by Gasteiger charge is -2.28. The molecule has 0 saturated heterocycles. The van der Waals surface area contributed by atoms with Crippen LogP contribution in [0.25, 0.3) is 10.2 Å². The predicted octanol–water partition coefficient (Wildman–Crippen LogP) is 4.55. The topological polar surface area (TPSA) is 103 Å². The Labute approximate surface area is 243 Å². The van der Waals surface area contributed by atoms with Crippen molar-refractivity contribution in [3.63, 3.8) is 0 Å². The number of nitrogens with one attached hydrogen (secondary N) is 3. The van der Waals surface area contributed by atoms with E-state index in [-0.39, 0.29) is 36.1 Å². The second-order valence-corrected chi connectivity index (χ2v) is 12.2. The average Bonchev–Trinajstić information content (AvgIpc) is 3.62. The SMILES string of the molecule is C=C(CN(CC)CC)C(=O)NC[C@@H](NC(=O)[C@H](Cc1nc2ccc(C(C)C)cc2s1)NC(=O)CC)C1CCCC1. The number of rotatable bonds is 15. The molecule has 0 radical (unpaired) electrons. The Hall–Kier alpha value is -2.78. The van der Waals surface area contributed by atoms with Gasteiger partial charge >= 0.3 is 0 Å². The molecule has 220 valence electrons. The molecule has 1 heterocycles. The van der Waals surface area contributed by atoms with Gasteiger partial charge in [-0.2, -0.15) is 0 Å². The highest BCUT2D eigenvalue weighted by molar-refractivity contribution is 7.18. The smallest absolute Gasteiger partial charge is 0.247 e. The van der Waals surface area contributed by atoms with Gasteiger partial charge in [-0.1, -0.05) is 60.1 Å². The third-order valence-corrected chi connectivity index (χ3v) is 8.92. The fraction of sp³-hybridized carbons (Fsp3) is 0.613. The summed E-state index contributed by atoms with van der Waals surface area (Å²) in [6, 6.07) is 5.32. The highest BCUT2D eigenvalue weighted by atomic mass is 32.1. The van der Waals surface area contributed by atoms with Crippen molar-refractivity contribution in [2.75, 3.05) is 26.2 Å². The molecule has 0 bridgehead atoms. The lowest BCUT2D eigenvalue weighted by molar-refractivity contribution is -0.129. The Balaban J connectivity index is 1.72. The zero-order valence-corrected chi connectivity index (χ0v) is 25.7. The quantitative estimate of drug-likeness (QED) is 0.273. The number of nitrogens with zero attached hydrogens (tertiary/aromatic N) is 2. The maximum Gasteiger partial charge on any atom is 0.247 e. The molecule has 8 nitrogen and oxygen atoms in total. The van der Waals surface area contributed by atoms with Crippen LogP contribution in [-0.4, -0.2) is 65.9 Å². The molecule has 40 heavy (non-hydrogen) atoms. The lowest BCUT2D eigenvalue weighted by Crippen LogP contribution is -2.55. The Morgan fingerprint density at radius 2 is 1.80 bits per heavy atom. The van der Waals surface area contributed by atoms with E-state index in [2.05, 4.69) is 67.3 Å². The fourth-order valence-electron chi connectivity index (χ4n) is 5.21. The molecule has 1 aromatic carbocycles. The summed E-state index contributed by atoms with van der Waals surface area (Å²) in [5.41, 5.74) is 2.67. The van der Waals surface area contributed by atoms with Gasteiger partial charge in [-0.15, -0.1) is 11.3 Å². The average molecular weight is 570 g/mol. The molecule has 9 heteroatoms. The van der Waals surface area contributed by atoms with Gasteiger partial charge in [0, 0.05) is 37.5 Å². The molecular formula is C31H47N5O3S. The van der Waals surface area contributed by atoms with E-state index in [9.17, 15) is 14.4 Å². The van der Waals surface area contributed by atoms with Crippen molar-refractivity contribution in [1.82, 2.24) is 25.8 Å². The largest absolute Gasteiger partial charge is 0.350 e. The van der Waals surface area contributed by atoms with E-state index >= 15 is 0 Å². The Kier molecular flexibility index (Phi) is 12.1. The summed E-state index contributed by atoms with van der Waals surface area (Å²) in [4.78, 5) is 45.8. The van der Waals surface area contributed by atoms with E-state index < -0.39 is 6.04 Å². The number of likely N-dealkylation sites (N-methyl/N-ethyl adjacent to an activating group) is 1. The van der Waals surface area contributed by atoms with Gasteiger partial charge in [0.15, 0.2) is 0 Å². The van der Waals surface area contributed by atoms with Crippen molar-refractivity contribution in [3.8, 4) is 0 Å². The Morgan fingerprint density at radius 3 is 2.42 bits per heavy atom. The van der Waals surface area contributed by atoms with Crippen LogP contribution in [-0.2, 0) is 20.8 Å². The minimum absolute atomic E-state index is 0.179. The van der Waals surface area contributed by atoms with E-state index in [1.807, 2.05) is 6.07 Å². The van der Waals surface area contributed by atoms with E-state index in [0.717, 1.165) is 54.0 Å². The maximum absolute atomic E-state index is 13.6. The van der Waals surface area contributed by atoms with Gasteiger partial charge in [-0.05, 0) is 55.5 Å². The number of hydrogen-bond donors (Lipinski definition) is 3. The second-order valence-electron chi connectivity index (χ2n) is 11.1. The molecule has 1 fully saturated rings. The van der Waals surface area contributed by atoms with Crippen LogP contribution in [0.4, 0.5) is 0 Å². The molecule has 3 amide bonds. The Morgan fingerprint density at radius 1 is 1.10 bits per heavy atom. The summed E-state index contributed by atoms with van der Waals surface area (Å²) >= 11 is 1.57. The van der Waals surface area contributed by atoms with Gasteiger partial charge < -0.3 is 16.0 Å². The molecule has 1 aliphatic rings. The zero-order valence-electron chi connectivity index (χ0n) is 24.8. The van der Waals surface area contributed by atoms with Crippen LogP contribution in [0.1, 0.15) is 83.2 Å². The summed E-state index contributed by atoms with van der Waals surface area (Å²) in [6.07, 6.45) is 4.84. The first-order valence-electron chi connectivity index (χ1n) is 14.8. The van der Waals surface area contributed by atoms with Gasteiger partial charge in [0.05, 0.1) is 15.2 Å². The van der Waals surface area contributed by atoms with Crippen LogP contribution in [0.5, 0.6) is 0 Å². The number of hydrogen-bond acceptors (Lipinski definition) is 6. The number of aromatic nitrogens is 1. The zero-order chi connectivity index (χ0) is 29.2. The molecule has 1 aliphatic carbocycles. The first-order chi connectivity index (χ1) is 19.1. The molecule has 3 rings (SSSR count). The highest BCUT2D eigenvalue weighted by Gasteiger charge is 2.30. The summed E-state index contributed by atoms with van der Waals surface area (Å²) < 4.78 is 1.08. The molecule has 0 spiro atoms. The molecule has 2 aromatic rings. The number of carbonyl (C=O) groups is 3. The monoisotopic (exact) mass is 569 g/mol. The predicted molar refractivity (Wildman–Crippen MR) is 163 cm³/mol. The minimum atomic E-state index is -0.741. The van der Waals surface area contributed by atoms with Crippen molar-refractivity contribution in [1.29, 1.82) is 0 Å².